The Hall–Kier alpha value is -0.170. The number of nitrogens with two attached hydrogens (primary N) is 1. The van der Waals surface area contributed by atoms with Crippen molar-refractivity contribution in [2.24, 2.45) is 11.7 Å². The van der Waals surface area contributed by atoms with Crippen LogP contribution in [0.1, 0.15) is 40.0 Å². The topological polar surface area (TPSA) is 75.4 Å². The molecule has 5 nitrogen and oxygen atoms in total. The van der Waals surface area contributed by atoms with Crippen molar-refractivity contribution in [2.75, 3.05) is 20.1 Å². The van der Waals surface area contributed by atoms with Crippen LogP contribution in [0.4, 0.5) is 0 Å². The second-order valence-corrected chi connectivity index (χ2v) is 6.51. The zero-order valence-corrected chi connectivity index (χ0v) is 12.3. The summed E-state index contributed by atoms with van der Waals surface area (Å²) in [5.41, 5.74) is 5.52. The molecule has 1 atom stereocenters. The van der Waals surface area contributed by atoms with E-state index in [0.29, 0.717) is 19.0 Å². The number of nitrogens with zero attached hydrogens (tertiary/aromatic N) is 1. The van der Waals surface area contributed by atoms with Crippen molar-refractivity contribution < 1.29 is 8.42 Å². The number of hydrogen-bond donors (Lipinski definition) is 2. The van der Waals surface area contributed by atoms with E-state index in [4.69, 9.17) is 5.73 Å². The van der Waals surface area contributed by atoms with Gasteiger partial charge in [-0.25, -0.2) is 4.72 Å². The van der Waals surface area contributed by atoms with Gasteiger partial charge in [0.15, 0.2) is 0 Å². The first kappa shape index (κ1) is 16.8. The molecule has 0 spiro atoms. The molecule has 0 radical (unpaired) electrons. The van der Waals surface area contributed by atoms with Crippen molar-refractivity contribution in [3.05, 3.63) is 0 Å². The zero-order valence-electron chi connectivity index (χ0n) is 11.4. The van der Waals surface area contributed by atoms with Gasteiger partial charge < -0.3 is 5.73 Å². The zero-order chi connectivity index (χ0) is 13.5. The Balaban J connectivity index is 4.32. The first-order valence-corrected chi connectivity index (χ1v) is 7.71. The molecule has 0 aromatic carbocycles. The van der Waals surface area contributed by atoms with E-state index in [1.165, 1.54) is 4.31 Å². The van der Waals surface area contributed by atoms with Crippen molar-refractivity contribution in [1.29, 1.82) is 0 Å². The molecule has 6 heteroatoms. The average molecular weight is 265 g/mol. The normalized spacial score (nSPS) is 14.5. The monoisotopic (exact) mass is 265 g/mol. The third-order valence-corrected chi connectivity index (χ3v) is 4.64. The molecule has 0 saturated carbocycles. The van der Waals surface area contributed by atoms with Crippen LogP contribution >= 0.6 is 0 Å². The Morgan fingerprint density at radius 3 is 2.29 bits per heavy atom. The Morgan fingerprint density at radius 1 is 1.29 bits per heavy atom. The molecule has 0 aromatic rings. The van der Waals surface area contributed by atoms with Crippen molar-refractivity contribution in [3.63, 3.8) is 0 Å². The lowest BCUT2D eigenvalue weighted by Gasteiger charge is -2.23. The lowest BCUT2D eigenvalue weighted by atomic mass is 10.0. The van der Waals surface area contributed by atoms with Gasteiger partial charge >= 0.3 is 0 Å². The second kappa shape index (κ2) is 8.02. The third kappa shape index (κ3) is 6.35. The minimum absolute atomic E-state index is 0.0355. The highest BCUT2D eigenvalue weighted by atomic mass is 32.2. The molecule has 0 aliphatic heterocycles. The number of nitrogens with one attached hydrogen (secondary N) is 1. The Labute approximate surface area is 106 Å². The van der Waals surface area contributed by atoms with Gasteiger partial charge in [0, 0.05) is 19.6 Å². The summed E-state index contributed by atoms with van der Waals surface area (Å²) in [6, 6.07) is -0.0355. The van der Waals surface area contributed by atoms with Gasteiger partial charge in [0.25, 0.3) is 10.2 Å². The van der Waals surface area contributed by atoms with Gasteiger partial charge in [0.2, 0.25) is 0 Å². The highest BCUT2D eigenvalue weighted by molar-refractivity contribution is 7.87. The molecular weight excluding hydrogens is 238 g/mol. The molecule has 0 rings (SSSR count). The Kier molecular flexibility index (Phi) is 7.94. The van der Waals surface area contributed by atoms with Crippen LogP contribution < -0.4 is 10.5 Å². The first-order valence-electron chi connectivity index (χ1n) is 6.27. The molecule has 0 aliphatic carbocycles. The summed E-state index contributed by atoms with van der Waals surface area (Å²) < 4.78 is 27.7. The summed E-state index contributed by atoms with van der Waals surface area (Å²) in [6.45, 7) is 6.88. The minimum Gasteiger partial charge on any atom is -0.330 e. The maximum atomic E-state index is 11.9. The molecule has 0 bridgehead atoms. The standard InChI is InChI=1S/C11H27N3O2S/c1-5-6-11(7-8-12)9-13-17(15,16)14(4)10(2)3/h10-11,13H,5-9,12H2,1-4H3. The highest BCUT2D eigenvalue weighted by Crippen LogP contribution is 2.10. The van der Waals surface area contributed by atoms with Gasteiger partial charge in [-0.2, -0.15) is 12.7 Å². The van der Waals surface area contributed by atoms with Gasteiger partial charge in [-0.15, -0.1) is 0 Å². The molecule has 0 amide bonds. The highest BCUT2D eigenvalue weighted by Gasteiger charge is 2.21. The molecule has 0 saturated heterocycles. The summed E-state index contributed by atoms with van der Waals surface area (Å²) in [4.78, 5) is 0. The molecule has 1 unspecified atom stereocenters. The summed E-state index contributed by atoms with van der Waals surface area (Å²) in [5, 5.41) is 0. The van der Waals surface area contributed by atoms with Crippen molar-refractivity contribution in [2.45, 2.75) is 46.1 Å². The summed E-state index contributed by atoms with van der Waals surface area (Å²) in [7, 11) is -1.76. The van der Waals surface area contributed by atoms with E-state index in [9.17, 15) is 8.42 Å². The predicted octanol–water partition coefficient (Wildman–Crippen LogP) is 0.926. The van der Waals surface area contributed by atoms with E-state index < -0.39 is 10.2 Å². The van der Waals surface area contributed by atoms with E-state index in [2.05, 4.69) is 11.6 Å². The van der Waals surface area contributed by atoms with Gasteiger partial charge in [-0.1, -0.05) is 13.3 Å². The summed E-state index contributed by atoms with van der Waals surface area (Å²) >= 11 is 0. The minimum atomic E-state index is -3.35. The third-order valence-electron chi connectivity index (χ3n) is 2.93. The maximum Gasteiger partial charge on any atom is 0.279 e. The SMILES string of the molecule is CCCC(CCN)CNS(=O)(=O)N(C)C(C)C. The summed E-state index contributed by atoms with van der Waals surface area (Å²) in [5.74, 6) is 0.334. The van der Waals surface area contributed by atoms with Crippen molar-refractivity contribution in [3.8, 4) is 0 Å². The second-order valence-electron chi connectivity index (χ2n) is 4.70. The van der Waals surface area contributed by atoms with E-state index in [0.717, 1.165) is 19.3 Å². The van der Waals surface area contributed by atoms with Gasteiger partial charge in [-0.05, 0) is 39.2 Å². The van der Waals surface area contributed by atoms with E-state index in [1.54, 1.807) is 7.05 Å². The molecule has 0 fully saturated rings. The molecule has 3 N–H and O–H groups in total. The fourth-order valence-electron chi connectivity index (χ4n) is 1.59. The molecule has 17 heavy (non-hydrogen) atoms. The molecule has 0 aromatic heterocycles. The molecular formula is C11H27N3O2S. The molecule has 0 heterocycles. The number of rotatable bonds is 9. The van der Waals surface area contributed by atoms with Crippen LogP contribution in [0.25, 0.3) is 0 Å². The molecule has 0 aliphatic rings. The fourth-order valence-corrected chi connectivity index (χ4v) is 2.80. The van der Waals surface area contributed by atoms with Crippen molar-refractivity contribution in [1.82, 2.24) is 9.03 Å². The number of hydrogen-bond acceptors (Lipinski definition) is 3. The average Bonchev–Trinajstić information content (AvgIpc) is 2.25. The summed E-state index contributed by atoms with van der Waals surface area (Å²) in [6.07, 6.45) is 2.92. The van der Waals surface area contributed by atoms with Gasteiger partial charge in [-0.3, -0.25) is 0 Å². The largest absolute Gasteiger partial charge is 0.330 e. The smallest absolute Gasteiger partial charge is 0.279 e. The van der Waals surface area contributed by atoms with Gasteiger partial charge in [0.1, 0.15) is 0 Å². The maximum absolute atomic E-state index is 11.9. The Bertz CT molecular complexity index is 285. The lowest BCUT2D eigenvalue weighted by molar-refractivity contribution is 0.388. The van der Waals surface area contributed by atoms with Crippen LogP contribution in [0.5, 0.6) is 0 Å². The van der Waals surface area contributed by atoms with E-state index in [1.807, 2.05) is 13.8 Å². The quantitative estimate of drug-likeness (QED) is 0.651. The van der Waals surface area contributed by atoms with Crippen LogP contribution in [-0.2, 0) is 10.2 Å². The Morgan fingerprint density at radius 2 is 1.88 bits per heavy atom. The fraction of sp³-hybridized carbons (Fsp3) is 1.00. The van der Waals surface area contributed by atoms with Crippen LogP contribution in [0.15, 0.2) is 0 Å². The van der Waals surface area contributed by atoms with E-state index >= 15 is 0 Å². The van der Waals surface area contributed by atoms with E-state index in [-0.39, 0.29) is 6.04 Å². The van der Waals surface area contributed by atoms with Crippen LogP contribution in [0.3, 0.4) is 0 Å². The van der Waals surface area contributed by atoms with Crippen LogP contribution in [0.2, 0.25) is 0 Å². The van der Waals surface area contributed by atoms with Crippen LogP contribution in [0, 0.1) is 5.92 Å². The predicted molar refractivity (Wildman–Crippen MR) is 71.9 cm³/mol. The van der Waals surface area contributed by atoms with Gasteiger partial charge in [0.05, 0.1) is 0 Å². The van der Waals surface area contributed by atoms with Crippen LogP contribution in [-0.4, -0.2) is 38.9 Å². The lowest BCUT2D eigenvalue weighted by Crippen LogP contribution is -2.43. The molecule has 104 valence electrons. The van der Waals surface area contributed by atoms with Crippen molar-refractivity contribution >= 4 is 10.2 Å². The first-order chi connectivity index (χ1) is 7.85.